The summed E-state index contributed by atoms with van der Waals surface area (Å²) < 4.78 is 0. The van der Waals surface area contributed by atoms with Gasteiger partial charge in [0.1, 0.15) is 6.04 Å². The van der Waals surface area contributed by atoms with Crippen LogP contribution in [0.2, 0.25) is 0 Å². The minimum atomic E-state index is -0.821. The Bertz CT molecular complexity index is 961. The molecule has 3 unspecified atom stereocenters. The molecule has 1 heterocycles. The third-order valence-electron chi connectivity index (χ3n) is 6.69. The van der Waals surface area contributed by atoms with Gasteiger partial charge in [-0.3, -0.25) is 14.6 Å². The number of carbonyl (C=O) groups excluding carboxylic acids is 2. The van der Waals surface area contributed by atoms with Crippen molar-refractivity contribution in [2.75, 3.05) is 5.75 Å². The number of hydrogen-bond donors (Lipinski definition) is 3. The summed E-state index contributed by atoms with van der Waals surface area (Å²) in [6.07, 6.45) is 4.69. The van der Waals surface area contributed by atoms with E-state index in [1.54, 1.807) is 6.20 Å². The lowest BCUT2D eigenvalue weighted by Crippen LogP contribution is -2.53. The molecule has 6 atom stereocenters. The molecule has 0 aliphatic heterocycles. The molecular weight excluding hydrogens is 445 g/mol. The van der Waals surface area contributed by atoms with Crippen LogP contribution in [0, 0.1) is 17.8 Å². The number of benzene rings is 1. The Morgan fingerprint density at radius 2 is 1.97 bits per heavy atom. The molecular formula is C26H40BN3O3S. The van der Waals surface area contributed by atoms with Gasteiger partial charge in [-0.2, -0.15) is 0 Å². The number of pyridine rings is 1. The molecule has 3 rings (SSSR count). The van der Waals surface area contributed by atoms with Gasteiger partial charge >= 0.3 is 0 Å². The number of carbonyl (C=O) groups is 2. The van der Waals surface area contributed by atoms with Gasteiger partial charge in [-0.1, -0.05) is 46.4 Å². The second-order valence-electron chi connectivity index (χ2n) is 9.34. The highest BCUT2D eigenvalue weighted by molar-refractivity contribution is 7.99. The predicted octanol–water partition coefficient (Wildman–Crippen LogP) is 4.78. The number of hydrogen-bond acceptors (Lipinski definition) is 5. The monoisotopic (exact) mass is 485 g/mol. The van der Waals surface area contributed by atoms with Crippen molar-refractivity contribution in [2.24, 2.45) is 17.8 Å². The zero-order valence-corrected chi connectivity index (χ0v) is 20.5. The van der Waals surface area contributed by atoms with Crippen LogP contribution in [0.5, 0.6) is 0 Å². The molecule has 8 heteroatoms. The number of rotatable bonds is 10. The van der Waals surface area contributed by atoms with Crippen LogP contribution in [0.1, 0.15) is 55.3 Å². The molecule has 3 N–H and O–H groups in total. The summed E-state index contributed by atoms with van der Waals surface area (Å²) in [5.41, 5.74) is 0.852. The van der Waals surface area contributed by atoms with E-state index >= 15 is 0 Å². The summed E-state index contributed by atoms with van der Waals surface area (Å²) in [5.74, 6) is 0.931. The van der Waals surface area contributed by atoms with E-state index in [1.165, 1.54) is 18.2 Å². The lowest BCUT2D eigenvalue weighted by Gasteiger charge is -2.28. The van der Waals surface area contributed by atoms with Crippen molar-refractivity contribution >= 4 is 42.2 Å². The normalized spacial score (nSPS) is 22.4. The van der Waals surface area contributed by atoms with Gasteiger partial charge in [0.2, 0.25) is 13.8 Å². The largest absolute Gasteiger partial charge is 0.391 e. The number of nitrogens with one attached hydrogen (secondary N) is 2. The molecule has 1 fully saturated rings. The number of amides is 2. The number of thioether (sulfide) groups is 1. The van der Waals surface area contributed by atoms with Crippen molar-refractivity contribution in [3.05, 3.63) is 36.5 Å². The maximum absolute atomic E-state index is 13.1. The number of nitrogens with zero attached hydrogens (tertiary/aromatic N) is 1. The van der Waals surface area contributed by atoms with Gasteiger partial charge in [0, 0.05) is 23.7 Å². The van der Waals surface area contributed by atoms with Crippen molar-refractivity contribution in [3.63, 3.8) is 0 Å². The fraction of sp³-hybridized carbons (Fsp3) is 0.577. The van der Waals surface area contributed by atoms with E-state index in [1.807, 2.05) is 37.3 Å². The van der Waals surface area contributed by atoms with Gasteiger partial charge in [0.05, 0.1) is 17.7 Å². The van der Waals surface area contributed by atoms with Crippen LogP contribution in [0.3, 0.4) is 0 Å². The van der Waals surface area contributed by atoms with Crippen LogP contribution in [0.4, 0.5) is 4.79 Å². The molecule has 1 aromatic heterocycles. The molecule has 0 saturated heterocycles. The van der Waals surface area contributed by atoms with E-state index in [2.05, 4.69) is 29.5 Å². The van der Waals surface area contributed by atoms with Crippen molar-refractivity contribution in [3.8, 4) is 0 Å². The molecule has 1 saturated carbocycles. The summed E-state index contributed by atoms with van der Waals surface area (Å²) in [5, 5.41) is 17.4. The first-order chi connectivity index (χ1) is 15.8. The molecule has 2 aromatic rings. The van der Waals surface area contributed by atoms with Crippen LogP contribution in [-0.2, 0) is 4.79 Å². The first-order valence-corrected chi connectivity index (χ1v) is 12.8. The molecule has 1 aliphatic carbocycles. The minimum Gasteiger partial charge on any atom is -0.391 e. The third kappa shape index (κ3) is 7.47. The number of fused-ring (bicyclic) bond motifs is 1. The molecule has 6 nitrogen and oxygen atoms in total. The zero-order chi connectivity index (χ0) is 24.0. The van der Waals surface area contributed by atoms with Crippen molar-refractivity contribution in [2.45, 2.75) is 77.0 Å². The average molecular weight is 486 g/mol. The van der Waals surface area contributed by atoms with Crippen LogP contribution in [-0.4, -0.2) is 53.6 Å². The van der Waals surface area contributed by atoms with E-state index in [0.29, 0.717) is 36.3 Å². The second kappa shape index (κ2) is 13.1. The minimum absolute atomic E-state index is 0. The second-order valence-corrected chi connectivity index (χ2v) is 10.4. The SMILES string of the molecule is C.[B]C(=O)N[C@H](CSc1cccc2cccnc12)C(=O)N[C@@H](CC)[C@H](O)CC1CC(C)CC1C.[HH]. The Balaban J connectivity index is 0.00000306. The van der Waals surface area contributed by atoms with Gasteiger partial charge in [-0.25, -0.2) is 0 Å². The maximum Gasteiger partial charge on any atom is 0.243 e. The van der Waals surface area contributed by atoms with Crippen LogP contribution in [0.25, 0.3) is 10.9 Å². The fourth-order valence-electron chi connectivity index (χ4n) is 4.95. The van der Waals surface area contributed by atoms with Gasteiger partial charge in [-0.05, 0) is 55.6 Å². The molecule has 1 aliphatic rings. The molecule has 2 amide bonds. The summed E-state index contributed by atoms with van der Waals surface area (Å²) in [6.45, 7) is 6.44. The van der Waals surface area contributed by atoms with Crippen molar-refractivity contribution < 1.29 is 16.1 Å². The van der Waals surface area contributed by atoms with Gasteiger partial charge in [-0.15, -0.1) is 11.8 Å². The Labute approximate surface area is 211 Å². The van der Waals surface area contributed by atoms with Crippen LogP contribution < -0.4 is 10.6 Å². The topological polar surface area (TPSA) is 91.3 Å². The molecule has 1 aromatic carbocycles. The average Bonchev–Trinajstić information content (AvgIpc) is 3.10. The highest BCUT2D eigenvalue weighted by Gasteiger charge is 2.33. The van der Waals surface area contributed by atoms with E-state index in [-0.39, 0.29) is 20.8 Å². The summed E-state index contributed by atoms with van der Waals surface area (Å²) >= 11 is 1.44. The number of aromatic nitrogens is 1. The Morgan fingerprint density at radius 1 is 1.24 bits per heavy atom. The Kier molecular flexibility index (Phi) is 10.9. The van der Waals surface area contributed by atoms with Gasteiger partial charge in [0.25, 0.3) is 0 Å². The highest BCUT2D eigenvalue weighted by atomic mass is 32.2. The van der Waals surface area contributed by atoms with Crippen molar-refractivity contribution in [1.82, 2.24) is 15.6 Å². The highest BCUT2D eigenvalue weighted by Crippen LogP contribution is 2.38. The third-order valence-corrected chi connectivity index (χ3v) is 7.83. The van der Waals surface area contributed by atoms with Gasteiger partial charge in [0.15, 0.2) is 5.81 Å². The maximum atomic E-state index is 13.1. The zero-order valence-electron chi connectivity index (χ0n) is 19.7. The Hall–Kier alpha value is -2.06. The van der Waals surface area contributed by atoms with Crippen LogP contribution >= 0.6 is 11.8 Å². The lowest BCUT2D eigenvalue weighted by atomic mass is 9.89. The number of aliphatic hydroxyl groups excluding tert-OH is 1. The summed E-state index contributed by atoms with van der Waals surface area (Å²) in [7, 11) is 5.35. The number of para-hydroxylation sites is 1. The molecule has 0 spiro atoms. The van der Waals surface area contributed by atoms with Crippen molar-refractivity contribution in [1.29, 1.82) is 0 Å². The van der Waals surface area contributed by atoms with E-state index < -0.39 is 18.0 Å². The molecule has 186 valence electrons. The molecule has 34 heavy (non-hydrogen) atoms. The lowest BCUT2D eigenvalue weighted by molar-refractivity contribution is -0.124. The standard InChI is InChI=1S/C25H34BN3O3S.CH4.H2/c1-4-19(21(30)13-18-12-15(2)11-16(18)3)28-24(31)20(29-25(26)32)14-33-22-9-5-7-17-8-6-10-27-23(17)22;;/h5-10,15-16,18-21,30H,4,11-14H2,1-3H3,(H,28,31)(H,29,32);1H4;1H/t15?,16?,18?,19-,20+,21+;;/m0../s1. The quantitative estimate of drug-likeness (QED) is 0.333. The van der Waals surface area contributed by atoms with Gasteiger partial charge < -0.3 is 15.7 Å². The molecule has 0 bridgehead atoms. The summed E-state index contributed by atoms with van der Waals surface area (Å²) in [4.78, 5) is 30.0. The van der Waals surface area contributed by atoms with E-state index in [0.717, 1.165) is 22.2 Å². The van der Waals surface area contributed by atoms with E-state index in [9.17, 15) is 14.7 Å². The van der Waals surface area contributed by atoms with E-state index in [4.69, 9.17) is 7.85 Å². The summed E-state index contributed by atoms with van der Waals surface area (Å²) in [6, 6.07) is 8.54. The first-order valence-electron chi connectivity index (χ1n) is 11.8. The number of aliphatic hydroxyl groups is 1. The molecule has 2 radical (unpaired) electrons. The Morgan fingerprint density at radius 3 is 2.62 bits per heavy atom. The van der Waals surface area contributed by atoms with Crippen LogP contribution in [0.15, 0.2) is 41.4 Å². The predicted molar refractivity (Wildman–Crippen MR) is 143 cm³/mol. The fourth-order valence-corrected chi connectivity index (χ4v) is 6.01. The smallest absolute Gasteiger partial charge is 0.243 e. The first kappa shape index (κ1) is 28.2.